The number of pyridine rings is 1. The topological polar surface area (TPSA) is 98.7 Å². The number of nitrogens with zero attached hydrogens (tertiary/aromatic N) is 1. The summed E-state index contributed by atoms with van der Waals surface area (Å²) in [4.78, 5) is 37.3. The third-order valence-corrected chi connectivity index (χ3v) is 5.18. The predicted molar refractivity (Wildman–Crippen MR) is 113 cm³/mol. The fourth-order valence-electron chi connectivity index (χ4n) is 3.54. The van der Waals surface area contributed by atoms with E-state index in [1.807, 2.05) is 12.1 Å². The van der Waals surface area contributed by atoms with E-state index >= 15 is 0 Å². The number of amides is 3. The Hall–Kier alpha value is -4.07. The average Bonchev–Trinajstić information content (AvgIpc) is 3.05. The van der Waals surface area contributed by atoms with Gasteiger partial charge in [-0.2, -0.15) is 0 Å². The van der Waals surface area contributed by atoms with Gasteiger partial charge in [0.05, 0.1) is 13.7 Å². The summed E-state index contributed by atoms with van der Waals surface area (Å²) in [6, 6.07) is 16.8. The molecule has 3 amide bonds. The quantitative estimate of drug-likeness (QED) is 0.599. The van der Waals surface area contributed by atoms with Crippen LogP contribution in [0.4, 0.5) is 4.79 Å². The molecule has 3 aromatic rings. The van der Waals surface area contributed by atoms with E-state index in [2.05, 4.69) is 10.6 Å². The van der Waals surface area contributed by atoms with Crippen LogP contribution in [0, 0.1) is 6.92 Å². The Balaban J connectivity index is 1.66. The molecular weight excluding hydrogens is 398 g/mol. The van der Waals surface area contributed by atoms with Gasteiger partial charge in [0.15, 0.2) is 5.54 Å². The van der Waals surface area contributed by atoms with Crippen molar-refractivity contribution in [2.24, 2.45) is 0 Å². The number of imide groups is 1. The van der Waals surface area contributed by atoms with Crippen LogP contribution in [0.15, 0.2) is 71.7 Å². The highest BCUT2D eigenvalue weighted by atomic mass is 16.5. The molecule has 8 heteroatoms. The monoisotopic (exact) mass is 419 g/mol. The van der Waals surface area contributed by atoms with E-state index in [-0.39, 0.29) is 12.1 Å². The maximum Gasteiger partial charge on any atom is 0.322 e. The number of benzene rings is 2. The molecule has 31 heavy (non-hydrogen) atoms. The molecule has 2 N–H and O–H groups in total. The summed E-state index contributed by atoms with van der Waals surface area (Å²) >= 11 is 0. The number of nitrogens with one attached hydrogen (secondary N) is 2. The first kappa shape index (κ1) is 20.2. The molecule has 0 spiro atoms. The van der Waals surface area contributed by atoms with Crippen LogP contribution in [0.1, 0.15) is 11.1 Å². The predicted octanol–water partition coefficient (Wildman–Crippen LogP) is 2.69. The molecule has 1 aromatic heterocycles. The van der Waals surface area contributed by atoms with Gasteiger partial charge in [-0.25, -0.2) is 4.79 Å². The summed E-state index contributed by atoms with van der Waals surface area (Å²) in [6.07, 6.45) is 1.59. The second-order valence-electron chi connectivity index (χ2n) is 7.24. The lowest BCUT2D eigenvalue weighted by Crippen LogP contribution is -2.49. The van der Waals surface area contributed by atoms with Gasteiger partial charge in [-0.3, -0.25) is 14.9 Å². The van der Waals surface area contributed by atoms with Gasteiger partial charge in [0, 0.05) is 17.8 Å². The van der Waals surface area contributed by atoms with Crippen molar-refractivity contribution in [3.63, 3.8) is 0 Å². The lowest BCUT2D eigenvalue weighted by atomic mass is 9.89. The molecule has 158 valence electrons. The Kier molecular flexibility index (Phi) is 5.21. The maximum absolute atomic E-state index is 12.8. The largest absolute Gasteiger partial charge is 0.497 e. The van der Waals surface area contributed by atoms with Crippen molar-refractivity contribution < 1.29 is 19.1 Å². The SMILES string of the molecule is COc1cccc(Oc2ccc([C@]3(Cn4cccc(C)c4=O)NC(=O)NC3=O)cc2)c1. The van der Waals surface area contributed by atoms with Crippen molar-refractivity contribution in [3.8, 4) is 17.2 Å². The van der Waals surface area contributed by atoms with Gasteiger partial charge >= 0.3 is 6.03 Å². The van der Waals surface area contributed by atoms with E-state index in [1.165, 1.54) is 4.57 Å². The number of aromatic nitrogens is 1. The highest BCUT2D eigenvalue weighted by molar-refractivity contribution is 6.07. The van der Waals surface area contributed by atoms with Crippen LogP contribution in [-0.2, 0) is 16.9 Å². The molecule has 0 radical (unpaired) electrons. The molecule has 8 nitrogen and oxygen atoms in total. The number of urea groups is 1. The minimum atomic E-state index is -1.41. The molecule has 1 aliphatic rings. The van der Waals surface area contributed by atoms with E-state index in [9.17, 15) is 14.4 Å². The minimum absolute atomic E-state index is 0.0405. The standard InChI is InChI=1S/C23H21N3O5/c1-15-5-4-12-26(20(15)27)14-23(21(28)24-22(29)25-23)16-8-10-17(11-9-16)31-19-7-3-6-18(13-19)30-2/h3-13H,14H2,1-2H3,(H2,24,25,28,29)/t23-/m0/s1. The second-order valence-corrected chi connectivity index (χ2v) is 7.24. The van der Waals surface area contributed by atoms with Crippen LogP contribution in [0.5, 0.6) is 17.2 Å². The van der Waals surface area contributed by atoms with Gasteiger partial charge in [-0.15, -0.1) is 0 Å². The Labute approximate surface area is 178 Å². The molecule has 4 rings (SSSR count). The number of ether oxygens (including phenoxy) is 2. The summed E-state index contributed by atoms with van der Waals surface area (Å²) < 4.78 is 12.5. The Morgan fingerprint density at radius 3 is 2.35 bits per heavy atom. The van der Waals surface area contributed by atoms with E-state index in [4.69, 9.17) is 9.47 Å². The van der Waals surface area contributed by atoms with Crippen molar-refractivity contribution in [1.29, 1.82) is 0 Å². The smallest absolute Gasteiger partial charge is 0.322 e. The number of hydrogen-bond donors (Lipinski definition) is 2. The molecule has 2 heterocycles. The molecule has 1 saturated heterocycles. The van der Waals surface area contributed by atoms with Crippen LogP contribution < -0.4 is 25.7 Å². The lowest BCUT2D eigenvalue weighted by Gasteiger charge is -2.27. The fraction of sp³-hybridized carbons (Fsp3) is 0.174. The maximum atomic E-state index is 12.8. The average molecular weight is 419 g/mol. The van der Waals surface area contributed by atoms with Crippen molar-refractivity contribution in [3.05, 3.63) is 88.3 Å². The molecule has 2 aromatic carbocycles. The van der Waals surface area contributed by atoms with Gasteiger partial charge in [-0.1, -0.05) is 24.3 Å². The molecule has 0 saturated carbocycles. The van der Waals surface area contributed by atoms with Crippen LogP contribution in [0.25, 0.3) is 0 Å². The number of carbonyl (C=O) groups is 2. The van der Waals surface area contributed by atoms with Crippen molar-refractivity contribution in [2.75, 3.05) is 7.11 Å². The first-order valence-electron chi connectivity index (χ1n) is 9.63. The zero-order chi connectivity index (χ0) is 22.0. The molecule has 1 atom stereocenters. The van der Waals surface area contributed by atoms with Crippen molar-refractivity contribution in [2.45, 2.75) is 19.0 Å². The number of aryl methyl sites for hydroxylation is 1. The van der Waals surface area contributed by atoms with Crippen LogP contribution in [0.2, 0.25) is 0 Å². The number of hydrogen-bond acceptors (Lipinski definition) is 5. The Bertz CT molecular complexity index is 1200. The van der Waals surface area contributed by atoms with Gasteiger partial charge in [-0.05, 0) is 42.8 Å². The molecule has 0 bridgehead atoms. The number of methoxy groups -OCH3 is 1. The minimum Gasteiger partial charge on any atom is -0.497 e. The lowest BCUT2D eigenvalue weighted by molar-refractivity contribution is -0.124. The highest BCUT2D eigenvalue weighted by Gasteiger charge is 2.48. The summed E-state index contributed by atoms with van der Waals surface area (Å²) in [7, 11) is 1.58. The number of rotatable bonds is 6. The molecule has 1 aliphatic heterocycles. The molecule has 1 fully saturated rings. The van der Waals surface area contributed by atoms with Gasteiger partial charge < -0.3 is 19.4 Å². The molecular formula is C23H21N3O5. The van der Waals surface area contributed by atoms with E-state index in [0.29, 0.717) is 28.4 Å². The highest BCUT2D eigenvalue weighted by Crippen LogP contribution is 2.30. The van der Waals surface area contributed by atoms with Crippen LogP contribution >= 0.6 is 0 Å². The summed E-state index contributed by atoms with van der Waals surface area (Å²) in [5.41, 5.74) is -0.566. The van der Waals surface area contributed by atoms with E-state index < -0.39 is 17.5 Å². The number of carbonyl (C=O) groups excluding carboxylic acids is 2. The zero-order valence-corrected chi connectivity index (χ0v) is 17.0. The first-order valence-corrected chi connectivity index (χ1v) is 9.63. The molecule has 0 unspecified atom stereocenters. The fourth-order valence-corrected chi connectivity index (χ4v) is 3.54. The van der Waals surface area contributed by atoms with Crippen molar-refractivity contribution in [1.82, 2.24) is 15.2 Å². The first-order chi connectivity index (χ1) is 14.9. The van der Waals surface area contributed by atoms with E-state index in [1.54, 1.807) is 68.8 Å². The van der Waals surface area contributed by atoms with Crippen LogP contribution in [0.3, 0.4) is 0 Å². The summed E-state index contributed by atoms with van der Waals surface area (Å²) in [5, 5.41) is 4.97. The second kappa shape index (κ2) is 7.98. The summed E-state index contributed by atoms with van der Waals surface area (Å²) in [5.74, 6) is 1.29. The molecule has 0 aliphatic carbocycles. The van der Waals surface area contributed by atoms with Gasteiger partial charge in [0.25, 0.3) is 11.5 Å². The Morgan fingerprint density at radius 1 is 0.935 bits per heavy atom. The van der Waals surface area contributed by atoms with Crippen LogP contribution in [-0.4, -0.2) is 23.6 Å². The normalized spacial score (nSPS) is 17.7. The third kappa shape index (κ3) is 3.87. The van der Waals surface area contributed by atoms with Crippen molar-refractivity contribution >= 4 is 11.9 Å². The van der Waals surface area contributed by atoms with Gasteiger partial charge in [0.2, 0.25) is 0 Å². The van der Waals surface area contributed by atoms with E-state index in [0.717, 1.165) is 0 Å². The zero-order valence-electron chi connectivity index (χ0n) is 17.0. The summed E-state index contributed by atoms with van der Waals surface area (Å²) in [6.45, 7) is 1.66. The Morgan fingerprint density at radius 2 is 1.68 bits per heavy atom. The van der Waals surface area contributed by atoms with Gasteiger partial charge in [0.1, 0.15) is 17.2 Å². The third-order valence-electron chi connectivity index (χ3n) is 5.18.